The first-order valence-corrected chi connectivity index (χ1v) is 5.95. The number of ether oxygens (including phenoxy) is 1. The fraction of sp³-hybridized carbons (Fsp3) is 0.385. The molecule has 0 fully saturated rings. The van der Waals surface area contributed by atoms with E-state index >= 15 is 0 Å². The van der Waals surface area contributed by atoms with E-state index in [-0.39, 0.29) is 11.3 Å². The van der Waals surface area contributed by atoms with Crippen LogP contribution in [0.1, 0.15) is 32.4 Å². The number of carbonyl (C=O) groups is 2. The highest BCUT2D eigenvalue weighted by molar-refractivity contribution is 5.83. The smallest absolute Gasteiger partial charge is 0.426 e. The number of rotatable bonds is 2. The second-order valence-corrected chi connectivity index (χ2v) is 5.11. The van der Waals surface area contributed by atoms with Gasteiger partial charge in [0.25, 0.3) is 5.91 Å². The van der Waals surface area contributed by atoms with Crippen LogP contribution in [0.4, 0.5) is 4.79 Å². The van der Waals surface area contributed by atoms with Crippen molar-refractivity contribution in [2.45, 2.75) is 32.5 Å². The highest BCUT2D eigenvalue weighted by atomic mass is 16.6. The van der Waals surface area contributed by atoms with Gasteiger partial charge in [0, 0.05) is 0 Å². The van der Waals surface area contributed by atoms with Crippen molar-refractivity contribution in [2.75, 3.05) is 0 Å². The van der Waals surface area contributed by atoms with E-state index in [1.54, 1.807) is 20.8 Å². The second-order valence-electron chi connectivity index (χ2n) is 5.11. The topological polar surface area (TPSA) is 108 Å². The van der Waals surface area contributed by atoms with Crippen LogP contribution in [0.25, 0.3) is 0 Å². The fourth-order valence-corrected chi connectivity index (χ4v) is 1.29. The lowest BCUT2D eigenvalue weighted by Gasteiger charge is -2.20. The van der Waals surface area contributed by atoms with Gasteiger partial charge in [0.2, 0.25) is 0 Å². The third-order valence-corrected chi connectivity index (χ3v) is 2.14. The van der Waals surface area contributed by atoms with Crippen molar-refractivity contribution in [3.8, 4) is 5.75 Å². The molecule has 1 unspecified atom stereocenters. The molecule has 0 aliphatic heterocycles. The summed E-state index contributed by atoms with van der Waals surface area (Å²) in [6.07, 6.45) is -2.30. The Labute approximate surface area is 116 Å². The summed E-state index contributed by atoms with van der Waals surface area (Å²) in [6.45, 7) is 5.04. The number of phenols is 1. The van der Waals surface area contributed by atoms with Gasteiger partial charge in [-0.3, -0.25) is 10.2 Å². The maximum absolute atomic E-state index is 11.6. The third-order valence-electron chi connectivity index (χ3n) is 2.14. The maximum Gasteiger partial charge on any atom is 0.426 e. The SMILES string of the molecule is CC(C)(C)OC(=O)NNC(=O)C(O)c1ccc(O)cc1. The largest absolute Gasteiger partial charge is 0.508 e. The number of benzene rings is 1. The Balaban J connectivity index is 2.50. The van der Waals surface area contributed by atoms with Gasteiger partial charge >= 0.3 is 6.09 Å². The third kappa shape index (κ3) is 5.15. The Kier molecular flexibility index (Phi) is 4.93. The van der Waals surface area contributed by atoms with Gasteiger partial charge in [-0.1, -0.05) is 12.1 Å². The van der Waals surface area contributed by atoms with Gasteiger partial charge < -0.3 is 14.9 Å². The average Bonchev–Trinajstić information content (AvgIpc) is 2.34. The highest BCUT2D eigenvalue weighted by Crippen LogP contribution is 2.16. The molecule has 2 amide bonds. The molecule has 1 atom stereocenters. The maximum atomic E-state index is 11.6. The van der Waals surface area contributed by atoms with E-state index in [1.165, 1.54) is 24.3 Å². The van der Waals surface area contributed by atoms with Gasteiger partial charge in [0.15, 0.2) is 6.10 Å². The molecular weight excluding hydrogens is 264 g/mol. The highest BCUT2D eigenvalue weighted by Gasteiger charge is 2.20. The number of aliphatic hydroxyl groups is 1. The summed E-state index contributed by atoms with van der Waals surface area (Å²) in [4.78, 5) is 22.9. The van der Waals surface area contributed by atoms with Crippen molar-refractivity contribution >= 4 is 12.0 Å². The van der Waals surface area contributed by atoms with E-state index in [4.69, 9.17) is 9.84 Å². The molecule has 0 bridgehead atoms. The van der Waals surface area contributed by atoms with E-state index in [2.05, 4.69) is 0 Å². The molecule has 0 heterocycles. The predicted molar refractivity (Wildman–Crippen MR) is 70.6 cm³/mol. The van der Waals surface area contributed by atoms with Crippen molar-refractivity contribution in [3.05, 3.63) is 29.8 Å². The average molecular weight is 282 g/mol. The van der Waals surface area contributed by atoms with Gasteiger partial charge in [-0.05, 0) is 38.5 Å². The Bertz CT molecular complexity index is 479. The molecule has 0 spiro atoms. The quantitative estimate of drug-likeness (QED) is 0.605. The van der Waals surface area contributed by atoms with Crippen LogP contribution in [-0.4, -0.2) is 27.8 Å². The Hall–Kier alpha value is -2.28. The first-order valence-electron chi connectivity index (χ1n) is 5.95. The van der Waals surface area contributed by atoms with Crippen LogP contribution >= 0.6 is 0 Å². The minimum Gasteiger partial charge on any atom is -0.508 e. The van der Waals surface area contributed by atoms with Crippen LogP contribution in [0.2, 0.25) is 0 Å². The number of carbonyl (C=O) groups excluding carboxylic acids is 2. The van der Waals surface area contributed by atoms with E-state index in [9.17, 15) is 14.7 Å². The first kappa shape index (κ1) is 15.8. The lowest BCUT2D eigenvalue weighted by atomic mass is 10.1. The molecule has 1 aromatic carbocycles. The molecule has 0 aromatic heterocycles. The number of nitrogens with one attached hydrogen (secondary N) is 2. The number of hydrogen-bond donors (Lipinski definition) is 4. The first-order chi connectivity index (χ1) is 9.19. The summed E-state index contributed by atoms with van der Waals surface area (Å²) >= 11 is 0. The van der Waals surface area contributed by atoms with Crippen molar-refractivity contribution in [1.29, 1.82) is 0 Å². The van der Waals surface area contributed by atoms with Crippen LogP contribution in [0, 0.1) is 0 Å². The molecule has 0 radical (unpaired) electrons. The molecule has 0 aliphatic carbocycles. The zero-order chi connectivity index (χ0) is 15.3. The van der Waals surface area contributed by atoms with Gasteiger partial charge in [-0.2, -0.15) is 0 Å². The molecule has 0 aliphatic rings. The number of phenolic OH excluding ortho intramolecular Hbond substituents is 1. The van der Waals surface area contributed by atoms with E-state index in [0.29, 0.717) is 0 Å². The lowest BCUT2D eigenvalue weighted by molar-refractivity contribution is -0.130. The molecule has 0 saturated heterocycles. The molecule has 7 nitrogen and oxygen atoms in total. The molecule has 4 N–H and O–H groups in total. The van der Waals surface area contributed by atoms with Crippen molar-refractivity contribution in [2.24, 2.45) is 0 Å². The van der Waals surface area contributed by atoms with E-state index in [1.807, 2.05) is 10.9 Å². The van der Waals surface area contributed by atoms with Gasteiger partial charge in [0.05, 0.1) is 0 Å². The monoisotopic (exact) mass is 282 g/mol. The van der Waals surface area contributed by atoms with Crippen LogP contribution in [0.15, 0.2) is 24.3 Å². The van der Waals surface area contributed by atoms with Crippen LogP contribution < -0.4 is 10.9 Å². The molecule has 1 aromatic rings. The summed E-state index contributed by atoms with van der Waals surface area (Å²) in [7, 11) is 0. The summed E-state index contributed by atoms with van der Waals surface area (Å²) in [5.41, 5.74) is 3.67. The number of aromatic hydroxyl groups is 1. The summed E-state index contributed by atoms with van der Waals surface area (Å²) in [5.74, 6) is -0.796. The van der Waals surface area contributed by atoms with Gasteiger partial charge in [-0.25, -0.2) is 10.2 Å². The van der Waals surface area contributed by atoms with Crippen molar-refractivity contribution < 1.29 is 24.5 Å². The molecule has 110 valence electrons. The number of hydrogen-bond acceptors (Lipinski definition) is 5. The number of amides is 2. The van der Waals surface area contributed by atoms with Crippen LogP contribution in [-0.2, 0) is 9.53 Å². The summed E-state index contributed by atoms with van der Waals surface area (Å²) in [6, 6.07) is 5.47. The predicted octanol–water partition coefficient (Wildman–Crippen LogP) is 0.981. The van der Waals surface area contributed by atoms with Gasteiger partial charge in [-0.15, -0.1) is 0 Å². The van der Waals surface area contributed by atoms with E-state index < -0.39 is 23.7 Å². The van der Waals surface area contributed by atoms with Crippen molar-refractivity contribution in [1.82, 2.24) is 10.9 Å². The lowest BCUT2D eigenvalue weighted by Crippen LogP contribution is -2.46. The molecule has 7 heteroatoms. The summed E-state index contributed by atoms with van der Waals surface area (Å²) < 4.78 is 4.91. The summed E-state index contributed by atoms with van der Waals surface area (Å²) in [5, 5.41) is 18.8. The van der Waals surface area contributed by atoms with Gasteiger partial charge in [0.1, 0.15) is 11.4 Å². The Morgan fingerprint density at radius 3 is 2.20 bits per heavy atom. The normalized spacial score (nSPS) is 12.4. The van der Waals surface area contributed by atoms with E-state index in [0.717, 1.165) is 0 Å². The molecule has 20 heavy (non-hydrogen) atoms. The zero-order valence-corrected chi connectivity index (χ0v) is 11.5. The van der Waals surface area contributed by atoms with Crippen molar-refractivity contribution in [3.63, 3.8) is 0 Å². The molecule has 0 saturated carbocycles. The standard InChI is InChI=1S/C13H18N2O5/c1-13(2,3)20-12(19)15-14-11(18)10(17)8-4-6-9(16)7-5-8/h4-7,10,16-17H,1-3H3,(H,14,18)(H,15,19). The fourth-order valence-electron chi connectivity index (χ4n) is 1.29. The molecule has 1 rings (SSSR count). The number of aliphatic hydroxyl groups excluding tert-OH is 1. The zero-order valence-electron chi connectivity index (χ0n) is 11.5. The molecular formula is C13H18N2O5. The minimum absolute atomic E-state index is 0.0215. The minimum atomic E-state index is -1.47. The Morgan fingerprint density at radius 1 is 1.15 bits per heavy atom. The second kappa shape index (κ2) is 6.25. The Morgan fingerprint density at radius 2 is 1.70 bits per heavy atom. The van der Waals surface area contributed by atoms with Crippen LogP contribution in [0.3, 0.4) is 0 Å². The number of hydrazine groups is 1. The van der Waals surface area contributed by atoms with Crippen LogP contribution in [0.5, 0.6) is 5.75 Å².